The van der Waals surface area contributed by atoms with E-state index in [1.807, 2.05) is 0 Å². The van der Waals surface area contributed by atoms with Crippen LogP contribution in [-0.2, 0) is 16.0 Å². The lowest BCUT2D eigenvalue weighted by Crippen LogP contribution is -2.56. The van der Waals surface area contributed by atoms with Crippen LogP contribution in [0.15, 0.2) is 18.2 Å². The smallest absolute Gasteiger partial charge is 0.329 e. The largest absolute Gasteiger partial charge is 0.480 e. The third kappa shape index (κ3) is 3.73. The molecule has 0 unspecified atom stereocenters. The van der Waals surface area contributed by atoms with E-state index in [1.165, 1.54) is 12.1 Å². The second-order valence-corrected chi connectivity index (χ2v) is 5.82. The first kappa shape index (κ1) is 15.8. The maximum Gasteiger partial charge on any atom is 0.329 e. The summed E-state index contributed by atoms with van der Waals surface area (Å²) in [6, 6.07) is 3.80. The van der Waals surface area contributed by atoms with Gasteiger partial charge >= 0.3 is 5.97 Å². The van der Waals surface area contributed by atoms with Crippen molar-refractivity contribution in [3.63, 3.8) is 0 Å². The lowest BCUT2D eigenvalue weighted by Gasteiger charge is -2.34. The van der Waals surface area contributed by atoms with Gasteiger partial charge < -0.3 is 10.4 Å². The van der Waals surface area contributed by atoms with Gasteiger partial charge in [-0.25, -0.2) is 9.18 Å². The summed E-state index contributed by atoms with van der Waals surface area (Å²) in [5.41, 5.74) is -0.700. The molecule has 2 rings (SSSR count). The van der Waals surface area contributed by atoms with Crippen LogP contribution in [0.2, 0.25) is 5.02 Å². The number of carboxylic acid groups (broad SMARTS) is 1. The average molecular weight is 314 g/mol. The summed E-state index contributed by atoms with van der Waals surface area (Å²) in [5, 5.41) is 12.2. The third-order valence-corrected chi connectivity index (χ3v) is 4.21. The van der Waals surface area contributed by atoms with Crippen molar-refractivity contribution in [1.29, 1.82) is 0 Å². The summed E-state index contributed by atoms with van der Waals surface area (Å²) in [5.74, 6) is -1.88. The average Bonchev–Trinajstić information content (AvgIpc) is 2.43. The molecule has 0 aromatic heterocycles. The Kier molecular flexibility index (Phi) is 4.83. The van der Waals surface area contributed by atoms with Crippen molar-refractivity contribution < 1.29 is 19.1 Å². The van der Waals surface area contributed by atoms with Gasteiger partial charge in [-0.05, 0) is 30.5 Å². The van der Waals surface area contributed by atoms with Crippen molar-refractivity contribution in [2.45, 2.75) is 44.1 Å². The second-order valence-electron chi connectivity index (χ2n) is 5.41. The molecule has 6 heteroatoms. The van der Waals surface area contributed by atoms with Gasteiger partial charge in [-0.15, -0.1) is 0 Å². The fourth-order valence-corrected chi connectivity index (χ4v) is 2.93. The number of halogens is 2. The maximum atomic E-state index is 13.0. The zero-order valence-electron chi connectivity index (χ0n) is 11.5. The van der Waals surface area contributed by atoms with Gasteiger partial charge in [-0.2, -0.15) is 0 Å². The first-order valence-corrected chi connectivity index (χ1v) is 7.29. The van der Waals surface area contributed by atoms with Crippen LogP contribution >= 0.6 is 11.6 Å². The van der Waals surface area contributed by atoms with Gasteiger partial charge in [0.15, 0.2) is 0 Å². The van der Waals surface area contributed by atoms with Crippen LogP contribution < -0.4 is 5.32 Å². The second kappa shape index (κ2) is 6.43. The number of carbonyl (C=O) groups is 2. The summed E-state index contributed by atoms with van der Waals surface area (Å²) >= 11 is 5.88. The molecular weight excluding hydrogens is 297 g/mol. The van der Waals surface area contributed by atoms with E-state index in [0.29, 0.717) is 18.4 Å². The molecular formula is C15H17ClFNO3. The minimum absolute atomic E-state index is 0.0614. The van der Waals surface area contributed by atoms with Gasteiger partial charge in [0.1, 0.15) is 11.4 Å². The van der Waals surface area contributed by atoms with Gasteiger partial charge in [0.2, 0.25) is 5.91 Å². The van der Waals surface area contributed by atoms with E-state index in [-0.39, 0.29) is 11.4 Å². The molecule has 1 aliphatic carbocycles. The SMILES string of the molecule is O=C(Cc1ccc(F)cc1Cl)NC1(C(=O)O)CCCCC1. The number of hydrogen-bond donors (Lipinski definition) is 2. The number of aliphatic carboxylic acids is 1. The zero-order chi connectivity index (χ0) is 15.5. The monoisotopic (exact) mass is 313 g/mol. The van der Waals surface area contributed by atoms with E-state index < -0.39 is 23.2 Å². The van der Waals surface area contributed by atoms with Gasteiger partial charge in [0.25, 0.3) is 0 Å². The summed E-state index contributed by atoms with van der Waals surface area (Å²) < 4.78 is 13.0. The molecule has 1 aromatic carbocycles. The number of rotatable bonds is 4. The normalized spacial score (nSPS) is 17.2. The molecule has 0 radical (unpaired) electrons. The minimum Gasteiger partial charge on any atom is -0.480 e. The van der Waals surface area contributed by atoms with Crippen LogP contribution in [0, 0.1) is 5.82 Å². The first-order valence-electron chi connectivity index (χ1n) is 6.91. The predicted molar refractivity (Wildman–Crippen MR) is 76.7 cm³/mol. The molecule has 4 nitrogen and oxygen atoms in total. The third-order valence-electron chi connectivity index (χ3n) is 3.86. The number of hydrogen-bond acceptors (Lipinski definition) is 2. The van der Waals surface area contributed by atoms with E-state index >= 15 is 0 Å². The Balaban J connectivity index is 2.07. The summed E-state index contributed by atoms with van der Waals surface area (Å²) in [6.45, 7) is 0. The summed E-state index contributed by atoms with van der Waals surface area (Å²) in [7, 11) is 0. The van der Waals surface area contributed by atoms with E-state index in [0.717, 1.165) is 25.3 Å². The number of carbonyl (C=O) groups excluding carboxylic acids is 1. The molecule has 0 bridgehead atoms. The predicted octanol–water partition coefficient (Wildman–Crippen LogP) is 2.93. The quantitative estimate of drug-likeness (QED) is 0.898. The minimum atomic E-state index is -1.18. The van der Waals surface area contributed by atoms with E-state index in [2.05, 4.69) is 5.32 Å². The number of benzene rings is 1. The lowest BCUT2D eigenvalue weighted by molar-refractivity contribution is -0.149. The molecule has 2 N–H and O–H groups in total. The number of nitrogens with one attached hydrogen (secondary N) is 1. The maximum absolute atomic E-state index is 13.0. The van der Waals surface area contributed by atoms with Crippen molar-refractivity contribution in [3.05, 3.63) is 34.6 Å². The lowest BCUT2D eigenvalue weighted by atomic mass is 9.81. The topological polar surface area (TPSA) is 66.4 Å². The first-order chi connectivity index (χ1) is 9.93. The van der Waals surface area contributed by atoms with Gasteiger partial charge in [-0.1, -0.05) is 36.9 Å². The van der Waals surface area contributed by atoms with Crippen LogP contribution in [0.1, 0.15) is 37.7 Å². The standard InChI is InChI=1S/C15H17ClFNO3/c16-12-9-11(17)5-4-10(12)8-13(19)18-15(14(20)21)6-2-1-3-7-15/h4-5,9H,1-3,6-8H2,(H,18,19)(H,20,21). The fraction of sp³-hybridized carbons (Fsp3) is 0.467. The van der Waals surface area contributed by atoms with Gasteiger partial charge in [0, 0.05) is 5.02 Å². The highest BCUT2D eigenvalue weighted by Crippen LogP contribution is 2.29. The van der Waals surface area contributed by atoms with Crippen LogP contribution in [-0.4, -0.2) is 22.5 Å². The Hall–Kier alpha value is -1.62. The van der Waals surface area contributed by atoms with Crippen LogP contribution in [0.3, 0.4) is 0 Å². The van der Waals surface area contributed by atoms with E-state index in [9.17, 15) is 19.1 Å². The Morgan fingerprint density at radius 2 is 1.95 bits per heavy atom. The van der Waals surface area contributed by atoms with Crippen molar-refractivity contribution in [1.82, 2.24) is 5.32 Å². The molecule has 1 amide bonds. The molecule has 1 saturated carbocycles. The number of amides is 1. The fourth-order valence-electron chi connectivity index (χ4n) is 2.70. The summed E-state index contributed by atoms with van der Waals surface area (Å²) in [6.07, 6.45) is 3.35. The van der Waals surface area contributed by atoms with Crippen molar-refractivity contribution in [2.24, 2.45) is 0 Å². The Morgan fingerprint density at radius 1 is 1.29 bits per heavy atom. The molecule has 1 aromatic rings. The van der Waals surface area contributed by atoms with Crippen LogP contribution in [0.4, 0.5) is 4.39 Å². The van der Waals surface area contributed by atoms with E-state index in [4.69, 9.17) is 11.6 Å². The molecule has 0 saturated heterocycles. The van der Waals surface area contributed by atoms with Crippen LogP contribution in [0.25, 0.3) is 0 Å². The van der Waals surface area contributed by atoms with Crippen molar-refractivity contribution >= 4 is 23.5 Å². The van der Waals surface area contributed by atoms with Crippen molar-refractivity contribution in [2.75, 3.05) is 0 Å². The van der Waals surface area contributed by atoms with Crippen molar-refractivity contribution in [3.8, 4) is 0 Å². The van der Waals surface area contributed by atoms with Gasteiger partial charge in [-0.3, -0.25) is 4.79 Å². The molecule has 0 heterocycles. The molecule has 114 valence electrons. The Bertz CT molecular complexity index is 556. The molecule has 0 aliphatic heterocycles. The molecule has 1 fully saturated rings. The molecule has 1 aliphatic rings. The highest BCUT2D eigenvalue weighted by molar-refractivity contribution is 6.31. The Morgan fingerprint density at radius 3 is 2.52 bits per heavy atom. The highest BCUT2D eigenvalue weighted by Gasteiger charge is 2.40. The summed E-state index contributed by atoms with van der Waals surface area (Å²) in [4.78, 5) is 23.6. The zero-order valence-corrected chi connectivity index (χ0v) is 12.3. The molecule has 21 heavy (non-hydrogen) atoms. The Labute approximate surface area is 127 Å². The number of carboxylic acids is 1. The highest BCUT2D eigenvalue weighted by atomic mass is 35.5. The molecule has 0 atom stereocenters. The van der Waals surface area contributed by atoms with Gasteiger partial charge in [0.05, 0.1) is 6.42 Å². The molecule has 0 spiro atoms. The van der Waals surface area contributed by atoms with E-state index in [1.54, 1.807) is 0 Å². The van der Waals surface area contributed by atoms with Crippen LogP contribution in [0.5, 0.6) is 0 Å².